The molecule has 2 unspecified atom stereocenters. The van der Waals surface area contributed by atoms with E-state index in [9.17, 15) is 19.5 Å². The van der Waals surface area contributed by atoms with Crippen LogP contribution in [0.15, 0.2) is 60.8 Å². The Hall–Kier alpha value is -2.97. The fourth-order valence-corrected chi connectivity index (χ4v) is 6.90. The van der Waals surface area contributed by atoms with Gasteiger partial charge in [-0.1, -0.05) is 164 Å². The van der Waals surface area contributed by atoms with Gasteiger partial charge in [-0.05, 0) is 77.0 Å². The quantitative estimate of drug-likeness (QED) is 0.0282. The van der Waals surface area contributed by atoms with Gasteiger partial charge in [0.1, 0.15) is 6.61 Å². The Morgan fingerprint density at radius 2 is 0.933 bits per heavy atom. The number of allylic oxidation sites excluding steroid dienone is 10. The SMILES string of the molecule is CC/C=C\C/C=C\C/C=C\C/C=C\CCCCC(=O)OC(COCCC(C(=O)O)[N+](C)(C)C)COC(=O)CCCCCCCCCCC/C=C\CCCCCCCCCC. The van der Waals surface area contributed by atoms with Gasteiger partial charge in [0.25, 0.3) is 0 Å². The van der Waals surface area contributed by atoms with Gasteiger partial charge in [-0.2, -0.15) is 0 Å². The first-order valence-corrected chi connectivity index (χ1v) is 24.3. The molecule has 0 bridgehead atoms. The lowest BCUT2D eigenvalue weighted by Gasteiger charge is -2.31. The van der Waals surface area contributed by atoms with Crippen molar-refractivity contribution in [1.29, 1.82) is 0 Å². The number of esters is 2. The Morgan fingerprint density at radius 3 is 1.43 bits per heavy atom. The summed E-state index contributed by atoms with van der Waals surface area (Å²) >= 11 is 0. The maximum absolute atomic E-state index is 12.7. The van der Waals surface area contributed by atoms with Crippen molar-refractivity contribution in [2.45, 2.75) is 212 Å². The first-order chi connectivity index (χ1) is 29.1. The predicted molar refractivity (Wildman–Crippen MR) is 252 cm³/mol. The predicted octanol–water partition coefficient (Wildman–Crippen LogP) is 13.8. The molecule has 0 fully saturated rings. The molecule has 0 radical (unpaired) electrons. The standard InChI is InChI=1S/C52H91NO7/c1-6-8-10-12-14-16-18-20-22-23-24-25-26-27-29-30-32-34-36-38-40-42-50(54)59-47-48(46-58-45-44-49(52(56)57)53(3,4)5)60-51(55)43-41-39-37-35-33-31-28-21-19-17-15-13-11-9-7-2/h9,11,15,17,21,23-24,28,33,35,48-49H,6-8,10,12-14,16,18-20,22,25-27,29-32,34,36-47H2,1-5H3/p+1/b11-9-,17-15-,24-23-,28-21-,35-33-. The molecule has 0 rings (SSSR count). The lowest BCUT2D eigenvalue weighted by atomic mass is 10.1. The molecule has 0 amide bonds. The maximum Gasteiger partial charge on any atom is 0.362 e. The third-order valence-corrected chi connectivity index (χ3v) is 10.7. The molecule has 0 aliphatic rings. The van der Waals surface area contributed by atoms with E-state index in [4.69, 9.17) is 14.2 Å². The smallest absolute Gasteiger partial charge is 0.362 e. The van der Waals surface area contributed by atoms with Crippen molar-refractivity contribution in [3.8, 4) is 0 Å². The number of likely N-dealkylation sites (N-methyl/N-ethyl adjacent to an activating group) is 1. The van der Waals surface area contributed by atoms with Crippen molar-refractivity contribution in [2.24, 2.45) is 0 Å². The molecule has 0 spiro atoms. The number of aliphatic carboxylic acids is 1. The summed E-state index contributed by atoms with van der Waals surface area (Å²) in [6.07, 6.45) is 52.8. The Balaban J connectivity index is 4.30. The van der Waals surface area contributed by atoms with Crippen molar-refractivity contribution < 1.29 is 38.2 Å². The van der Waals surface area contributed by atoms with Gasteiger partial charge in [-0.15, -0.1) is 0 Å². The normalized spacial score (nSPS) is 13.4. The minimum atomic E-state index is -0.883. The van der Waals surface area contributed by atoms with Crippen molar-refractivity contribution in [3.05, 3.63) is 60.8 Å². The lowest BCUT2D eigenvalue weighted by molar-refractivity contribution is -0.887. The molecular formula is C52H92NO7+. The summed E-state index contributed by atoms with van der Waals surface area (Å²) in [5.74, 6) is -1.52. The van der Waals surface area contributed by atoms with Gasteiger partial charge in [0, 0.05) is 19.3 Å². The van der Waals surface area contributed by atoms with Crippen LogP contribution in [-0.2, 0) is 28.6 Å². The van der Waals surface area contributed by atoms with E-state index in [-0.39, 0.29) is 42.7 Å². The van der Waals surface area contributed by atoms with Crippen LogP contribution in [0.4, 0.5) is 0 Å². The topological polar surface area (TPSA) is 99.1 Å². The van der Waals surface area contributed by atoms with E-state index >= 15 is 0 Å². The molecule has 0 heterocycles. The Bertz CT molecular complexity index is 1170. The van der Waals surface area contributed by atoms with E-state index in [0.29, 0.717) is 19.3 Å². The van der Waals surface area contributed by atoms with Gasteiger partial charge >= 0.3 is 17.9 Å². The summed E-state index contributed by atoms with van der Waals surface area (Å²) < 4.78 is 17.3. The second kappa shape index (κ2) is 42.7. The molecule has 8 nitrogen and oxygen atoms in total. The van der Waals surface area contributed by atoms with Crippen LogP contribution in [0.5, 0.6) is 0 Å². The number of unbranched alkanes of at least 4 members (excludes halogenated alkanes) is 19. The van der Waals surface area contributed by atoms with E-state index in [1.165, 1.54) is 103 Å². The number of carbonyl (C=O) groups is 3. The number of carboxylic acid groups (broad SMARTS) is 1. The molecule has 0 saturated heterocycles. The average Bonchev–Trinajstić information content (AvgIpc) is 3.21. The van der Waals surface area contributed by atoms with Gasteiger partial charge in [0.15, 0.2) is 12.1 Å². The highest BCUT2D eigenvalue weighted by molar-refractivity contribution is 5.72. The van der Waals surface area contributed by atoms with Gasteiger partial charge in [0.05, 0.1) is 34.4 Å². The molecule has 0 aromatic heterocycles. The van der Waals surface area contributed by atoms with Gasteiger partial charge < -0.3 is 23.8 Å². The van der Waals surface area contributed by atoms with Gasteiger partial charge in [-0.25, -0.2) is 4.79 Å². The summed E-state index contributed by atoms with van der Waals surface area (Å²) in [5, 5.41) is 9.63. The number of hydrogen-bond donors (Lipinski definition) is 1. The summed E-state index contributed by atoms with van der Waals surface area (Å²) in [4.78, 5) is 37.1. The molecule has 0 aliphatic carbocycles. The number of quaternary nitrogens is 1. The third kappa shape index (κ3) is 40.4. The molecule has 1 N–H and O–H groups in total. The average molecular weight is 843 g/mol. The number of hydrogen-bond acceptors (Lipinski definition) is 6. The Kier molecular flexibility index (Phi) is 40.6. The van der Waals surface area contributed by atoms with Crippen LogP contribution in [0.1, 0.15) is 200 Å². The monoisotopic (exact) mass is 843 g/mol. The summed E-state index contributed by atoms with van der Waals surface area (Å²) in [6.45, 7) is 4.58. The van der Waals surface area contributed by atoms with Crippen LogP contribution in [0.25, 0.3) is 0 Å². The first kappa shape index (κ1) is 57.0. The Labute approximate surface area is 368 Å². The van der Waals surface area contributed by atoms with E-state index < -0.39 is 18.1 Å². The number of nitrogens with zero attached hydrogens (tertiary/aromatic N) is 1. The summed E-state index contributed by atoms with van der Waals surface area (Å²) in [7, 11) is 5.51. The zero-order valence-electron chi connectivity index (χ0n) is 39.4. The highest BCUT2D eigenvalue weighted by Gasteiger charge is 2.31. The zero-order chi connectivity index (χ0) is 44.2. The van der Waals surface area contributed by atoms with Crippen molar-refractivity contribution in [2.75, 3.05) is 41.0 Å². The largest absolute Gasteiger partial charge is 0.477 e. The van der Waals surface area contributed by atoms with Crippen molar-refractivity contribution in [3.63, 3.8) is 0 Å². The fraction of sp³-hybridized carbons (Fsp3) is 0.750. The molecule has 0 aromatic rings. The Morgan fingerprint density at radius 1 is 0.517 bits per heavy atom. The maximum atomic E-state index is 12.7. The number of rotatable bonds is 43. The minimum Gasteiger partial charge on any atom is -0.477 e. The summed E-state index contributed by atoms with van der Waals surface area (Å²) in [5.41, 5.74) is 0. The van der Waals surface area contributed by atoms with E-state index in [0.717, 1.165) is 57.8 Å². The zero-order valence-corrected chi connectivity index (χ0v) is 39.4. The molecule has 8 heteroatoms. The van der Waals surface area contributed by atoms with E-state index in [2.05, 4.69) is 74.6 Å². The highest BCUT2D eigenvalue weighted by atomic mass is 16.6. The van der Waals surface area contributed by atoms with Crippen LogP contribution in [-0.4, -0.2) is 80.6 Å². The lowest BCUT2D eigenvalue weighted by Crippen LogP contribution is -2.50. The number of carboxylic acids is 1. The summed E-state index contributed by atoms with van der Waals surface area (Å²) in [6, 6.07) is -0.624. The number of carbonyl (C=O) groups excluding carboxylic acids is 2. The van der Waals surface area contributed by atoms with Crippen LogP contribution >= 0.6 is 0 Å². The van der Waals surface area contributed by atoms with Crippen LogP contribution in [0.3, 0.4) is 0 Å². The molecule has 0 aliphatic heterocycles. The highest BCUT2D eigenvalue weighted by Crippen LogP contribution is 2.14. The van der Waals surface area contributed by atoms with Crippen LogP contribution in [0.2, 0.25) is 0 Å². The first-order valence-electron chi connectivity index (χ1n) is 24.3. The van der Waals surface area contributed by atoms with Crippen LogP contribution < -0.4 is 0 Å². The molecule has 2 atom stereocenters. The van der Waals surface area contributed by atoms with Gasteiger partial charge in [-0.3, -0.25) is 9.59 Å². The fourth-order valence-electron chi connectivity index (χ4n) is 6.90. The van der Waals surface area contributed by atoms with Crippen molar-refractivity contribution >= 4 is 17.9 Å². The van der Waals surface area contributed by atoms with Crippen LogP contribution in [0, 0.1) is 0 Å². The molecule has 0 saturated carbocycles. The second-order valence-corrected chi connectivity index (χ2v) is 17.3. The van der Waals surface area contributed by atoms with E-state index in [1.54, 1.807) is 0 Å². The molecular weight excluding hydrogens is 751 g/mol. The number of ether oxygens (including phenoxy) is 3. The van der Waals surface area contributed by atoms with Gasteiger partial charge in [0.2, 0.25) is 0 Å². The second-order valence-electron chi connectivity index (χ2n) is 17.3. The van der Waals surface area contributed by atoms with E-state index in [1.807, 2.05) is 21.1 Å². The minimum absolute atomic E-state index is 0.0422. The molecule has 346 valence electrons. The molecule has 0 aromatic carbocycles. The van der Waals surface area contributed by atoms with Crippen molar-refractivity contribution in [1.82, 2.24) is 0 Å². The third-order valence-electron chi connectivity index (χ3n) is 10.7. The molecule has 60 heavy (non-hydrogen) atoms.